The van der Waals surface area contributed by atoms with Gasteiger partial charge in [0.1, 0.15) is 22.7 Å². The van der Waals surface area contributed by atoms with Gasteiger partial charge in [0.15, 0.2) is 5.65 Å². The first-order valence-electron chi connectivity index (χ1n) is 9.20. The second-order valence-corrected chi connectivity index (χ2v) is 7.94. The molecule has 0 saturated carbocycles. The quantitative estimate of drug-likeness (QED) is 0.531. The molecule has 3 aromatic heterocycles. The van der Waals surface area contributed by atoms with E-state index < -0.39 is 12.2 Å². The molecule has 4 rings (SSSR count). The highest BCUT2D eigenvalue weighted by atomic mass is 19.3. The molecule has 0 unspecified atom stereocenters. The van der Waals surface area contributed by atoms with Gasteiger partial charge in [0.2, 0.25) is 0 Å². The standard InChI is InChI=1S/C20H20F2N6O2/c1-20(2,3)25-18(29)12-9-28(4)17-16(12)24-14(8-23-17)15-11-7-10(30-19(21)22)5-6-13(11)26-27-15/h5-9,19H,1-4H3,(H,25,29)(H,26,27). The molecule has 0 atom stereocenters. The van der Waals surface area contributed by atoms with Crippen LogP contribution in [0.15, 0.2) is 30.6 Å². The monoisotopic (exact) mass is 414 g/mol. The number of fused-ring (bicyclic) bond motifs is 2. The van der Waals surface area contributed by atoms with E-state index in [1.54, 1.807) is 23.9 Å². The summed E-state index contributed by atoms with van der Waals surface area (Å²) in [6, 6.07) is 4.49. The van der Waals surface area contributed by atoms with Crippen LogP contribution in [0.3, 0.4) is 0 Å². The van der Waals surface area contributed by atoms with E-state index in [-0.39, 0.29) is 11.7 Å². The Morgan fingerprint density at radius 3 is 2.77 bits per heavy atom. The highest BCUT2D eigenvalue weighted by Gasteiger charge is 2.22. The lowest BCUT2D eigenvalue weighted by Crippen LogP contribution is -2.40. The van der Waals surface area contributed by atoms with Gasteiger partial charge in [-0.25, -0.2) is 9.97 Å². The topological polar surface area (TPSA) is 97.7 Å². The third kappa shape index (κ3) is 3.68. The molecule has 0 bridgehead atoms. The summed E-state index contributed by atoms with van der Waals surface area (Å²) in [5.74, 6) is -0.252. The van der Waals surface area contributed by atoms with Gasteiger partial charge < -0.3 is 14.6 Å². The Balaban J connectivity index is 1.82. The number of rotatable bonds is 4. The molecular formula is C20H20F2N6O2. The molecule has 0 spiro atoms. The lowest BCUT2D eigenvalue weighted by atomic mass is 10.1. The van der Waals surface area contributed by atoms with E-state index in [2.05, 4.69) is 30.2 Å². The molecule has 2 N–H and O–H groups in total. The van der Waals surface area contributed by atoms with Crippen molar-refractivity contribution in [1.82, 2.24) is 30.0 Å². The van der Waals surface area contributed by atoms with Crippen LogP contribution < -0.4 is 10.1 Å². The number of hydrogen-bond donors (Lipinski definition) is 2. The average molecular weight is 414 g/mol. The summed E-state index contributed by atoms with van der Waals surface area (Å²) in [5, 5.41) is 10.6. The lowest BCUT2D eigenvalue weighted by molar-refractivity contribution is -0.0497. The predicted octanol–water partition coefficient (Wildman–Crippen LogP) is 3.64. The van der Waals surface area contributed by atoms with Crippen LogP contribution in [0.25, 0.3) is 33.5 Å². The number of nitrogens with zero attached hydrogens (tertiary/aromatic N) is 4. The van der Waals surface area contributed by atoms with E-state index in [4.69, 9.17) is 0 Å². The summed E-state index contributed by atoms with van der Waals surface area (Å²) in [4.78, 5) is 21.8. The molecule has 0 radical (unpaired) electrons. The Labute approximate surface area is 170 Å². The van der Waals surface area contributed by atoms with Crippen molar-refractivity contribution in [1.29, 1.82) is 0 Å². The van der Waals surface area contributed by atoms with Crippen LogP contribution in [0, 0.1) is 0 Å². The minimum absolute atomic E-state index is 0.0131. The fourth-order valence-electron chi connectivity index (χ4n) is 3.19. The summed E-state index contributed by atoms with van der Waals surface area (Å²) in [5.41, 5.74) is 2.39. The number of carbonyl (C=O) groups is 1. The fraction of sp³-hybridized carbons (Fsp3) is 0.300. The van der Waals surface area contributed by atoms with Crippen molar-refractivity contribution in [3.05, 3.63) is 36.2 Å². The second kappa shape index (κ2) is 7.05. The number of benzene rings is 1. The number of alkyl halides is 2. The molecule has 10 heteroatoms. The number of ether oxygens (including phenoxy) is 1. The van der Waals surface area contributed by atoms with E-state index in [0.717, 1.165) is 0 Å². The van der Waals surface area contributed by atoms with E-state index in [0.29, 0.717) is 39.0 Å². The molecule has 8 nitrogen and oxygen atoms in total. The maximum absolute atomic E-state index is 12.7. The Kier molecular flexibility index (Phi) is 4.64. The number of H-pyrrole nitrogens is 1. The zero-order chi connectivity index (χ0) is 21.6. The third-order valence-corrected chi connectivity index (χ3v) is 4.40. The van der Waals surface area contributed by atoms with Gasteiger partial charge in [-0.05, 0) is 39.0 Å². The van der Waals surface area contributed by atoms with Crippen molar-refractivity contribution in [3.63, 3.8) is 0 Å². The zero-order valence-electron chi connectivity index (χ0n) is 16.8. The van der Waals surface area contributed by atoms with Crippen LogP contribution >= 0.6 is 0 Å². The molecule has 3 heterocycles. The number of amides is 1. The summed E-state index contributed by atoms with van der Waals surface area (Å²) < 4.78 is 31.4. The Bertz CT molecular complexity index is 1260. The molecule has 1 amide bonds. The largest absolute Gasteiger partial charge is 0.435 e. The summed E-state index contributed by atoms with van der Waals surface area (Å²) in [7, 11) is 1.78. The average Bonchev–Trinajstić information content (AvgIpc) is 3.20. The van der Waals surface area contributed by atoms with Crippen molar-refractivity contribution >= 4 is 28.0 Å². The van der Waals surface area contributed by atoms with Crippen LogP contribution in [0.5, 0.6) is 5.75 Å². The van der Waals surface area contributed by atoms with Crippen molar-refractivity contribution in [2.24, 2.45) is 7.05 Å². The van der Waals surface area contributed by atoms with Crippen molar-refractivity contribution in [3.8, 4) is 17.1 Å². The highest BCUT2D eigenvalue weighted by Crippen LogP contribution is 2.30. The van der Waals surface area contributed by atoms with Crippen LogP contribution in [-0.4, -0.2) is 42.8 Å². The maximum Gasteiger partial charge on any atom is 0.387 e. The molecule has 0 saturated heterocycles. The van der Waals surface area contributed by atoms with Gasteiger partial charge in [0.05, 0.1) is 17.3 Å². The van der Waals surface area contributed by atoms with E-state index in [1.165, 1.54) is 18.3 Å². The fourth-order valence-corrected chi connectivity index (χ4v) is 3.19. The first-order chi connectivity index (χ1) is 14.1. The van der Waals surface area contributed by atoms with Gasteiger partial charge in [-0.2, -0.15) is 13.9 Å². The van der Waals surface area contributed by atoms with Crippen molar-refractivity contribution in [2.75, 3.05) is 0 Å². The highest BCUT2D eigenvalue weighted by molar-refractivity contribution is 6.05. The van der Waals surface area contributed by atoms with Crippen LogP contribution in [-0.2, 0) is 7.05 Å². The number of aromatic amines is 1. The first kappa shape index (κ1) is 19.7. The van der Waals surface area contributed by atoms with Crippen LogP contribution in [0.4, 0.5) is 8.78 Å². The van der Waals surface area contributed by atoms with Gasteiger partial charge in [-0.3, -0.25) is 9.89 Å². The maximum atomic E-state index is 12.7. The summed E-state index contributed by atoms with van der Waals surface area (Å²) in [6.45, 7) is 2.74. The lowest BCUT2D eigenvalue weighted by Gasteiger charge is -2.20. The smallest absolute Gasteiger partial charge is 0.387 e. The van der Waals surface area contributed by atoms with Gasteiger partial charge >= 0.3 is 6.61 Å². The Hall–Kier alpha value is -3.56. The molecule has 30 heavy (non-hydrogen) atoms. The molecule has 0 aliphatic carbocycles. The Morgan fingerprint density at radius 2 is 2.07 bits per heavy atom. The first-order valence-corrected chi connectivity index (χ1v) is 9.20. The predicted molar refractivity (Wildman–Crippen MR) is 107 cm³/mol. The normalized spacial score (nSPS) is 12.1. The minimum Gasteiger partial charge on any atom is -0.435 e. The number of aromatic nitrogens is 5. The molecular weight excluding hydrogens is 394 g/mol. The Morgan fingerprint density at radius 1 is 1.30 bits per heavy atom. The molecule has 156 valence electrons. The number of carbonyl (C=O) groups excluding carboxylic acids is 1. The summed E-state index contributed by atoms with van der Waals surface area (Å²) >= 11 is 0. The molecule has 0 aliphatic heterocycles. The van der Waals surface area contributed by atoms with E-state index in [9.17, 15) is 13.6 Å². The van der Waals surface area contributed by atoms with Crippen LogP contribution in [0.1, 0.15) is 31.1 Å². The second-order valence-electron chi connectivity index (χ2n) is 7.94. The van der Waals surface area contributed by atoms with Crippen molar-refractivity contribution < 1.29 is 18.3 Å². The molecule has 0 aliphatic rings. The van der Waals surface area contributed by atoms with Gasteiger partial charge in [-0.1, -0.05) is 0 Å². The molecule has 0 fully saturated rings. The number of hydrogen-bond acceptors (Lipinski definition) is 5. The van der Waals surface area contributed by atoms with Gasteiger partial charge in [0.25, 0.3) is 5.91 Å². The third-order valence-electron chi connectivity index (χ3n) is 4.40. The molecule has 4 aromatic rings. The zero-order valence-corrected chi connectivity index (χ0v) is 16.8. The van der Waals surface area contributed by atoms with Gasteiger partial charge in [-0.15, -0.1) is 0 Å². The number of nitrogens with one attached hydrogen (secondary N) is 2. The van der Waals surface area contributed by atoms with Crippen molar-refractivity contribution in [2.45, 2.75) is 32.9 Å². The van der Waals surface area contributed by atoms with E-state index >= 15 is 0 Å². The van der Waals surface area contributed by atoms with E-state index in [1.807, 2.05) is 20.8 Å². The molecule has 1 aromatic carbocycles. The van der Waals surface area contributed by atoms with Crippen LogP contribution in [0.2, 0.25) is 0 Å². The van der Waals surface area contributed by atoms with Gasteiger partial charge in [0, 0.05) is 24.2 Å². The SMILES string of the molecule is Cn1cc(C(=O)NC(C)(C)C)c2nc(-c3n[nH]c4ccc(OC(F)F)cc34)cnc21. The number of halogens is 2. The minimum atomic E-state index is -2.93. The summed E-state index contributed by atoms with van der Waals surface area (Å²) in [6.07, 6.45) is 3.21. The number of aryl methyl sites for hydroxylation is 1.